The fraction of sp³-hybridized carbons (Fsp3) is 0.357. The van der Waals surface area contributed by atoms with Crippen LogP contribution in [0.1, 0.15) is 5.56 Å². The number of rotatable bonds is 4. The molecule has 0 aliphatic carbocycles. The summed E-state index contributed by atoms with van der Waals surface area (Å²) in [4.78, 5) is 11.9. The molecule has 4 heteroatoms. The molecule has 94 valence electrons. The SMILES string of the molecule is O=C(Cc1csc2ccccc12)NCC1CNC1. The van der Waals surface area contributed by atoms with E-state index in [-0.39, 0.29) is 5.91 Å². The minimum atomic E-state index is 0.130. The van der Waals surface area contributed by atoms with E-state index in [9.17, 15) is 4.79 Å². The third-order valence-corrected chi connectivity index (χ3v) is 4.38. The quantitative estimate of drug-likeness (QED) is 0.880. The van der Waals surface area contributed by atoms with Gasteiger partial charge in [-0.3, -0.25) is 4.79 Å². The molecule has 1 aliphatic heterocycles. The summed E-state index contributed by atoms with van der Waals surface area (Å²) < 4.78 is 1.25. The van der Waals surface area contributed by atoms with Gasteiger partial charge in [0.15, 0.2) is 0 Å². The van der Waals surface area contributed by atoms with Crippen LogP contribution in [0.15, 0.2) is 29.6 Å². The maximum Gasteiger partial charge on any atom is 0.224 e. The monoisotopic (exact) mass is 260 g/mol. The van der Waals surface area contributed by atoms with Crippen LogP contribution in [0.5, 0.6) is 0 Å². The van der Waals surface area contributed by atoms with Crippen molar-refractivity contribution in [1.29, 1.82) is 0 Å². The average molecular weight is 260 g/mol. The molecular weight excluding hydrogens is 244 g/mol. The Bertz CT molecular complexity index is 560. The average Bonchev–Trinajstić information content (AvgIpc) is 2.71. The van der Waals surface area contributed by atoms with Gasteiger partial charge in [0.25, 0.3) is 0 Å². The van der Waals surface area contributed by atoms with E-state index >= 15 is 0 Å². The summed E-state index contributed by atoms with van der Waals surface area (Å²) in [6.45, 7) is 2.86. The molecule has 2 N–H and O–H groups in total. The summed E-state index contributed by atoms with van der Waals surface area (Å²) in [6, 6.07) is 8.24. The number of hydrogen-bond donors (Lipinski definition) is 2. The molecule has 1 aliphatic rings. The van der Waals surface area contributed by atoms with Crippen molar-refractivity contribution >= 4 is 27.3 Å². The minimum absolute atomic E-state index is 0.130. The van der Waals surface area contributed by atoms with Crippen molar-refractivity contribution in [3.63, 3.8) is 0 Å². The van der Waals surface area contributed by atoms with Crippen LogP contribution >= 0.6 is 11.3 Å². The highest BCUT2D eigenvalue weighted by Crippen LogP contribution is 2.25. The second-order valence-corrected chi connectivity index (χ2v) is 5.67. The highest BCUT2D eigenvalue weighted by atomic mass is 32.1. The van der Waals surface area contributed by atoms with Crippen molar-refractivity contribution in [3.05, 3.63) is 35.2 Å². The van der Waals surface area contributed by atoms with E-state index in [2.05, 4.69) is 28.1 Å². The molecule has 0 radical (unpaired) electrons. The van der Waals surface area contributed by atoms with Crippen molar-refractivity contribution in [1.82, 2.24) is 10.6 Å². The van der Waals surface area contributed by atoms with Gasteiger partial charge in [-0.05, 0) is 22.4 Å². The van der Waals surface area contributed by atoms with Gasteiger partial charge in [0.05, 0.1) is 6.42 Å². The lowest BCUT2D eigenvalue weighted by Crippen LogP contribution is -2.48. The predicted molar refractivity (Wildman–Crippen MR) is 74.9 cm³/mol. The van der Waals surface area contributed by atoms with Gasteiger partial charge in [-0.15, -0.1) is 11.3 Å². The van der Waals surface area contributed by atoms with Gasteiger partial charge in [-0.1, -0.05) is 18.2 Å². The Kier molecular flexibility index (Phi) is 3.30. The fourth-order valence-corrected chi connectivity index (χ4v) is 3.12. The van der Waals surface area contributed by atoms with Crippen LogP contribution in [0.2, 0.25) is 0 Å². The first kappa shape index (κ1) is 11.7. The first-order valence-corrected chi connectivity index (χ1v) is 7.13. The zero-order valence-corrected chi connectivity index (χ0v) is 10.9. The van der Waals surface area contributed by atoms with Gasteiger partial charge in [0, 0.05) is 30.3 Å². The Morgan fingerprint density at radius 3 is 3.00 bits per heavy atom. The Labute approximate surface area is 110 Å². The predicted octanol–water partition coefficient (Wildman–Crippen LogP) is 1.78. The van der Waals surface area contributed by atoms with Crippen LogP contribution in [-0.4, -0.2) is 25.5 Å². The molecule has 0 bridgehead atoms. The van der Waals surface area contributed by atoms with Crippen LogP contribution in [0.3, 0.4) is 0 Å². The Morgan fingerprint density at radius 2 is 2.22 bits per heavy atom. The van der Waals surface area contributed by atoms with Gasteiger partial charge in [0.2, 0.25) is 5.91 Å². The second kappa shape index (κ2) is 5.08. The van der Waals surface area contributed by atoms with Crippen LogP contribution in [-0.2, 0) is 11.2 Å². The number of fused-ring (bicyclic) bond motifs is 1. The van der Waals surface area contributed by atoms with E-state index in [4.69, 9.17) is 0 Å². The molecule has 1 saturated heterocycles. The van der Waals surface area contributed by atoms with Crippen molar-refractivity contribution in [2.24, 2.45) is 5.92 Å². The number of nitrogens with one attached hydrogen (secondary N) is 2. The Hall–Kier alpha value is -1.39. The standard InChI is InChI=1S/C14H16N2OS/c17-14(16-8-10-6-15-7-10)5-11-9-18-13-4-2-1-3-12(11)13/h1-4,9-10,15H,5-8H2,(H,16,17). The van der Waals surface area contributed by atoms with Gasteiger partial charge in [-0.25, -0.2) is 0 Å². The molecule has 3 rings (SSSR count). The number of benzene rings is 1. The van der Waals surface area contributed by atoms with Crippen LogP contribution < -0.4 is 10.6 Å². The zero-order valence-electron chi connectivity index (χ0n) is 10.1. The second-order valence-electron chi connectivity index (χ2n) is 4.76. The maximum atomic E-state index is 11.9. The lowest BCUT2D eigenvalue weighted by atomic mass is 10.0. The molecule has 0 spiro atoms. The zero-order chi connectivity index (χ0) is 12.4. The molecular formula is C14H16N2OS. The normalized spacial score (nSPS) is 15.6. The summed E-state index contributed by atoms with van der Waals surface area (Å²) >= 11 is 1.71. The molecule has 18 heavy (non-hydrogen) atoms. The molecule has 0 saturated carbocycles. The van der Waals surface area contributed by atoms with Gasteiger partial charge in [-0.2, -0.15) is 0 Å². The van der Waals surface area contributed by atoms with Gasteiger partial charge < -0.3 is 10.6 Å². The fourth-order valence-electron chi connectivity index (χ4n) is 2.16. The van der Waals surface area contributed by atoms with Crippen LogP contribution in [0.4, 0.5) is 0 Å². The summed E-state index contributed by atoms with van der Waals surface area (Å²) in [7, 11) is 0. The number of carbonyl (C=O) groups excluding carboxylic acids is 1. The summed E-state index contributed by atoms with van der Waals surface area (Å²) in [5, 5.41) is 9.52. The molecule has 0 unspecified atom stereocenters. The molecule has 1 amide bonds. The highest BCUT2D eigenvalue weighted by molar-refractivity contribution is 7.17. The summed E-state index contributed by atoms with van der Waals surface area (Å²) in [6.07, 6.45) is 0.490. The number of amides is 1. The highest BCUT2D eigenvalue weighted by Gasteiger charge is 2.17. The van der Waals surface area contributed by atoms with Crippen molar-refractivity contribution in [2.75, 3.05) is 19.6 Å². The van der Waals surface area contributed by atoms with E-state index in [1.807, 2.05) is 12.1 Å². The van der Waals surface area contributed by atoms with E-state index in [0.717, 1.165) is 25.2 Å². The lowest BCUT2D eigenvalue weighted by Gasteiger charge is -2.27. The number of thiophene rings is 1. The topological polar surface area (TPSA) is 41.1 Å². The first-order chi connectivity index (χ1) is 8.83. The molecule has 3 nitrogen and oxygen atoms in total. The largest absolute Gasteiger partial charge is 0.355 e. The van der Waals surface area contributed by atoms with E-state index in [1.165, 1.54) is 10.1 Å². The smallest absolute Gasteiger partial charge is 0.224 e. The van der Waals surface area contributed by atoms with E-state index in [1.54, 1.807) is 11.3 Å². The number of carbonyl (C=O) groups is 1. The summed E-state index contributed by atoms with van der Waals surface area (Å²) in [5.41, 5.74) is 1.14. The molecule has 2 heterocycles. The first-order valence-electron chi connectivity index (χ1n) is 6.25. The number of hydrogen-bond acceptors (Lipinski definition) is 3. The van der Waals surface area contributed by atoms with Crippen LogP contribution in [0, 0.1) is 5.92 Å². The molecule has 1 fully saturated rings. The van der Waals surface area contributed by atoms with Gasteiger partial charge >= 0.3 is 0 Å². The molecule has 1 aromatic carbocycles. The Morgan fingerprint density at radius 1 is 1.39 bits per heavy atom. The van der Waals surface area contributed by atoms with E-state index in [0.29, 0.717) is 12.3 Å². The summed E-state index contributed by atoms with van der Waals surface area (Å²) in [5.74, 6) is 0.749. The minimum Gasteiger partial charge on any atom is -0.355 e. The molecule has 0 atom stereocenters. The lowest BCUT2D eigenvalue weighted by molar-refractivity contribution is -0.120. The van der Waals surface area contributed by atoms with E-state index < -0.39 is 0 Å². The van der Waals surface area contributed by atoms with Crippen molar-refractivity contribution in [2.45, 2.75) is 6.42 Å². The third kappa shape index (κ3) is 2.40. The van der Waals surface area contributed by atoms with Crippen molar-refractivity contribution < 1.29 is 4.79 Å². The maximum absolute atomic E-state index is 11.9. The third-order valence-electron chi connectivity index (χ3n) is 3.37. The molecule has 1 aromatic heterocycles. The van der Waals surface area contributed by atoms with Crippen LogP contribution in [0.25, 0.3) is 10.1 Å². The van der Waals surface area contributed by atoms with Gasteiger partial charge in [0.1, 0.15) is 0 Å². The Balaban J connectivity index is 1.62. The molecule has 2 aromatic rings. The van der Waals surface area contributed by atoms with Crippen molar-refractivity contribution in [3.8, 4) is 0 Å².